The van der Waals surface area contributed by atoms with Gasteiger partial charge in [-0.3, -0.25) is 0 Å². The maximum atomic E-state index is 11.7. The van der Waals surface area contributed by atoms with Gasteiger partial charge in [0.25, 0.3) is 0 Å². The van der Waals surface area contributed by atoms with Crippen LogP contribution in [-0.2, 0) is 10.0 Å². The van der Waals surface area contributed by atoms with E-state index in [0.717, 1.165) is 0 Å². The maximum Gasteiger partial charge on any atom is 0.240 e. The highest BCUT2D eigenvalue weighted by Crippen LogP contribution is 2.32. The zero-order valence-electron chi connectivity index (χ0n) is 9.70. The van der Waals surface area contributed by atoms with Crippen molar-refractivity contribution in [1.29, 1.82) is 0 Å². The van der Waals surface area contributed by atoms with E-state index in [-0.39, 0.29) is 4.90 Å². The number of aryl methyl sites for hydroxylation is 1. The van der Waals surface area contributed by atoms with Crippen LogP contribution in [0.2, 0.25) is 0 Å². The molecule has 0 saturated carbocycles. The highest BCUT2D eigenvalue weighted by molar-refractivity contribution is 7.89. The molecule has 1 N–H and O–H groups in total. The van der Waals surface area contributed by atoms with Crippen LogP contribution in [0.15, 0.2) is 17.0 Å². The molecule has 0 radical (unpaired) electrons. The van der Waals surface area contributed by atoms with Gasteiger partial charge in [0.2, 0.25) is 10.0 Å². The molecule has 0 atom stereocenters. The van der Waals surface area contributed by atoms with E-state index >= 15 is 0 Å². The Morgan fingerprint density at radius 1 is 1.12 bits per heavy atom. The van der Waals surface area contributed by atoms with Crippen LogP contribution in [0.1, 0.15) is 5.56 Å². The molecule has 1 rings (SSSR count). The Kier molecular flexibility index (Phi) is 3.77. The highest BCUT2D eigenvalue weighted by atomic mass is 32.2. The normalized spacial score (nSPS) is 11.2. The second kappa shape index (κ2) is 4.71. The Hall–Kier alpha value is -1.27. The molecule has 16 heavy (non-hydrogen) atoms. The summed E-state index contributed by atoms with van der Waals surface area (Å²) in [5.74, 6) is 0.900. The molecule has 0 aromatic heterocycles. The average molecular weight is 245 g/mol. The van der Waals surface area contributed by atoms with Gasteiger partial charge in [0.05, 0.1) is 19.1 Å². The Balaban J connectivity index is 3.44. The summed E-state index contributed by atoms with van der Waals surface area (Å²) in [5.41, 5.74) is 0.604. The van der Waals surface area contributed by atoms with Crippen molar-refractivity contribution in [1.82, 2.24) is 4.72 Å². The van der Waals surface area contributed by atoms with E-state index in [1.54, 1.807) is 13.0 Å². The molecule has 0 fully saturated rings. The zero-order chi connectivity index (χ0) is 12.3. The van der Waals surface area contributed by atoms with Gasteiger partial charge < -0.3 is 9.47 Å². The van der Waals surface area contributed by atoms with E-state index in [4.69, 9.17) is 9.47 Å². The number of hydrogen-bond acceptors (Lipinski definition) is 4. The van der Waals surface area contributed by atoms with Gasteiger partial charge in [-0.25, -0.2) is 13.1 Å². The SMILES string of the molecule is CNS(=O)(=O)c1cc(OC)c(OC)cc1C. The van der Waals surface area contributed by atoms with Gasteiger partial charge in [0.1, 0.15) is 0 Å². The molecule has 0 bridgehead atoms. The van der Waals surface area contributed by atoms with Crippen LogP contribution in [0.4, 0.5) is 0 Å². The lowest BCUT2D eigenvalue weighted by Gasteiger charge is -2.12. The van der Waals surface area contributed by atoms with Gasteiger partial charge in [-0.1, -0.05) is 0 Å². The summed E-state index contributed by atoms with van der Waals surface area (Å²) in [4.78, 5) is 0.188. The van der Waals surface area contributed by atoms with E-state index in [1.165, 1.54) is 27.3 Å². The molecule has 90 valence electrons. The number of sulfonamides is 1. The van der Waals surface area contributed by atoms with Crippen molar-refractivity contribution in [3.05, 3.63) is 17.7 Å². The summed E-state index contributed by atoms with van der Waals surface area (Å²) in [5, 5.41) is 0. The van der Waals surface area contributed by atoms with Gasteiger partial charge in [0, 0.05) is 6.07 Å². The molecule has 1 aromatic rings. The van der Waals surface area contributed by atoms with Crippen LogP contribution >= 0.6 is 0 Å². The minimum atomic E-state index is -3.47. The van der Waals surface area contributed by atoms with Crippen molar-refractivity contribution in [2.45, 2.75) is 11.8 Å². The Bertz CT molecular complexity index is 482. The topological polar surface area (TPSA) is 64.6 Å². The van der Waals surface area contributed by atoms with Crippen molar-refractivity contribution in [2.24, 2.45) is 0 Å². The molecule has 6 heteroatoms. The Morgan fingerprint density at radius 2 is 1.62 bits per heavy atom. The van der Waals surface area contributed by atoms with E-state index in [0.29, 0.717) is 17.1 Å². The lowest BCUT2D eigenvalue weighted by atomic mass is 10.2. The first-order valence-corrected chi connectivity index (χ1v) is 6.10. The van der Waals surface area contributed by atoms with E-state index in [9.17, 15) is 8.42 Å². The minimum Gasteiger partial charge on any atom is -0.493 e. The quantitative estimate of drug-likeness (QED) is 0.856. The van der Waals surface area contributed by atoms with Gasteiger partial charge in [0.15, 0.2) is 11.5 Å². The number of methoxy groups -OCH3 is 2. The maximum absolute atomic E-state index is 11.7. The molecule has 0 aliphatic heterocycles. The molecule has 0 amide bonds. The smallest absolute Gasteiger partial charge is 0.240 e. The standard InChI is InChI=1S/C10H15NO4S/c1-7-5-8(14-3)9(15-4)6-10(7)16(12,13)11-2/h5-6,11H,1-4H3. The molecule has 1 aromatic carbocycles. The van der Waals surface area contributed by atoms with Crippen LogP contribution < -0.4 is 14.2 Å². The third kappa shape index (κ3) is 2.28. The van der Waals surface area contributed by atoms with Crippen LogP contribution in [0.3, 0.4) is 0 Å². The van der Waals surface area contributed by atoms with Gasteiger partial charge in [-0.05, 0) is 25.6 Å². The number of nitrogens with one attached hydrogen (secondary N) is 1. The second-order valence-electron chi connectivity index (χ2n) is 3.18. The number of ether oxygens (including phenoxy) is 2. The lowest BCUT2D eigenvalue weighted by molar-refractivity contribution is 0.353. The molecule has 0 aliphatic rings. The van der Waals surface area contributed by atoms with Gasteiger partial charge in [-0.2, -0.15) is 0 Å². The summed E-state index contributed by atoms with van der Waals surface area (Å²) in [6.07, 6.45) is 0. The largest absolute Gasteiger partial charge is 0.493 e. The third-order valence-corrected chi connectivity index (χ3v) is 3.80. The van der Waals surface area contributed by atoms with Crippen LogP contribution in [0.5, 0.6) is 11.5 Å². The van der Waals surface area contributed by atoms with Crippen molar-refractivity contribution < 1.29 is 17.9 Å². The first-order valence-electron chi connectivity index (χ1n) is 4.62. The summed E-state index contributed by atoms with van der Waals surface area (Å²) in [6, 6.07) is 3.07. The summed E-state index contributed by atoms with van der Waals surface area (Å²) >= 11 is 0. The first-order chi connectivity index (χ1) is 7.46. The second-order valence-corrected chi connectivity index (χ2v) is 5.04. The Morgan fingerprint density at radius 3 is 2.06 bits per heavy atom. The predicted octanol–water partition coefficient (Wildman–Crippen LogP) is 0.920. The number of hydrogen-bond donors (Lipinski definition) is 1. The number of benzene rings is 1. The fourth-order valence-corrected chi connectivity index (χ4v) is 2.33. The first kappa shape index (κ1) is 12.8. The molecule has 0 aliphatic carbocycles. The predicted molar refractivity (Wildman–Crippen MR) is 60.5 cm³/mol. The fourth-order valence-electron chi connectivity index (χ4n) is 1.36. The van der Waals surface area contributed by atoms with Crippen molar-refractivity contribution in [3.8, 4) is 11.5 Å². The fraction of sp³-hybridized carbons (Fsp3) is 0.400. The molecule has 5 nitrogen and oxygen atoms in total. The Labute approximate surface area is 95.4 Å². The highest BCUT2D eigenvalue weighted by Gasteiger charge is 2.18. The van der Waals surface area contributed by atoms with Gasteiger partial charge >= 0.3 is 0 Å². The van der Waals surface area contributed by atoms with Gasteiger partial charge in [-0.15, -0.1) is 0 Å². The van der Waals surface area contributed by atoms with Crippen LogP contribution in [0.25, 0.3) is 0 Å². The third-order valence-electron chi connectivity index (χ3n) is 2.24. The molecule has 0 saturated heterocycles. The molecule has 0 heterocycles. The van der Waals surface area contributed by atoms with E-state index < -0.39 is 10.0 Å². The monoisotopic (exact) mass is 245 g/mol. The molecule has 0 spiro atoms. The summed E-state index contributed by atoms with van der Waals surface area (Å²) < 4.78 is 35.8. The molecular weight excluding hydrogens is 230 g/mol. The van der Waals surface area contributed by atoms with Crippen molar-refractivity contribution in [3.63, 3.8) is 0 Å². The zero-order valence-corrected chi connectivity index (χ0v) is 10.5. The molecular formula is C10H15NO4S. The molecule has 0 unspecified atom stereocenters. The summed E-state index contributed by atoms with van der Waals surface area (Å²) in [7, 11) is 0.859. The number of rotatable bonds is 4. The summed E-state index contributed by atoms with van der Waals surface area (Å²) in [6.45, 7) is 1.70. The van der Waals surface area contributed by atoms with Crippen molar-refractivity contribution in [2.75, 3.05) is 21.3 Å². The minimum absolute atomic E-state index is 0.188. The van der Waals surface area contributed by atoms with E-state index in [1.807, 2.05) is 0 Å². The van der Waals surface area contributed by atoms with Crippen LogP contribution in [-0.4, -0.2) is 29.7 Å². The average Bonchev–Trinajstić information content (AvgIpc) is 2.28. The lowest BCUT2D eigenvalue weighted by Crippen LogP contribution is -2.19. The van der Waals surface area contributed by atoms with Crippen LogP contribution in [0, 0.1) is 6.92 Å². The van der Waals surface area contributed by atoms with Crippen molar-refractivity contribution >= 4 is 10.0 Å². The van der Waals surface area contributed by atoms with E-state index in [2.05, 4.69) is 4.72 Å².